The molecule has 9 heteroatoms. The summed E-state index contributed by atoms with van der Waals surface area (Å²) >= 11 is 0. The average Bonchev–Trinajstić information content (AvgIpc) is 2.58. The van der Waals surface area contributed by atoms with Gasteiger partial charge in [0.1, 0.15) is 10.7 Å². The van der Waals surface area contributed by atoms with Crippen molar-refractivity contribution in [2.24, 2.45) is 5.92 Å². The van der Waals surface area contributed by atoms with E-state index in [0.29, 0.717) is 12.2 Å². The van der Waals surface area contributed by atoms with E-state index in [9.17, 15) is 17.2 Å². The Balaban J connectivity index is 2.14. The first kappa shape index (κ1) is 20.1. The van der Waals surface area contributed by atoms with Gasteiger partial charge in [-0.3, -0.25) is 4.72 Å². The number of benzene rings is 1. The maximum absolute atomic E-state index is 13.2. The molecule has 0 aliphatic rings. The lowest BCUT2D eigenvalue weighted by atomic mass is 10.0. The van der Waals surface area contributed by atoms with Gasteiger partial charge in [-0.15, -0.1) is 0 Å². The topological polar surface area (TPSA) is 91.3 Å². The molecule has 142 valence electrons. The minimum Gasteiger partial charge on any atom is -0.396 e. The minimum atomic E-state index is -3.98. The molecule has 6 nitrogen and oxygen atoms in total. The lowest BCUT2D eigenvalue weighted by Gasteiger charge is -2.22. The van der Waals surface area contributed by atoms with Crippen molar-refractivity contribution in [3.63, 3.8) is 0 Å². The number of aromatic nitrogens is 1. The van der Waals surface area contributed by atoms with Crippen LogP contribution in [-0.4, -0.2) is 31.2 Å². The van der Waals surface area contributed by atoms with Crippen LogP contribution in [0.2, 0.25) is 0 Å². The number of hydrogen-bond donors (Lipinski definition) is 3. The molecule has 1 aromatic carbocycles. The number of aliphatic hydroxyl groups is 1. The Morgan fingerprint density at radius 3 is 2.42 bits per heavy atom. The van der Waals surface area contributed by atoms with Crippen molar-refractivity contribution in [2.75, 3.05) is 16.6 Å². The minimum absolute atomic E-state index is 0.00438. The highest BCUT2D eigenvalue weighted by atomic mass is 32.2. The lowest BCUT2D eigenvalue weighted by Crippen LogP contribution is -2.27. The molecule has 0 aliphatic heterocycles. The fourth-order valence-electron chi connectivity index (χ4n) is 2.30. The van der Waals surface area contributed by atoms with Gasteiger partial charge in [0.2, 0.25) is 0 Å². The van der Waals surface area contributed by atoms with Crippen LogP contribution in [0.25, 0.3) is 0 Å². The molecule has 0 fully saturated rings. The molecule has 2 aromatic rings. The molecule has 1 unspecified atom stereocenters. The van der Waals surface area contributed by atoms with Gasteiger partial charge in [0.15, 0.2) is 11.6 Å². The van der Waals surface area contributed by atoms with Crippen LogP contribution in [0.15, 0.2) is 41.4 Å². The Labute approximate surface area is 151 Å². The third kappa shape index (κ3) is 5.12. The van der Waals surface area contributed by atoms with Gasteiger partial charge < -0.3 is 10.4 Å². The number of sulfonamides is 1. The smallest absolute Gasteiger partial charge is 0.263 e. The first-order chi connectivity index (χ1) is 12.2. The third-order valence-electron chi connectivity index (χ3n) is 3.80. The monoisotopic (exact) mass is 385 g/mol. The summed E-state index contributed by atoms with van der Waals surface area (Å²) in [4.78, 5) is 3.96. The summed E-state index contributed by atoms with van der Waals surface area (Å²) in [6.45, 7) is 4.02. The van der Waals surface area contributed by atoms with Crippen LogP contribution in [0.4, 0.5) is 20.3 Å². The largest absolute Gasteiger partial charge is 0.396 e. The average molecular weight is 385 g/mol. The van der Waals surface area contributed by atoms with Gasteiger partial charge in [-0.1, -0.05) is 13.8 Å². The third-order valence-corrected chi connectivity index (χ3v) is 5.16. The van der Waals surface area contributed by atoms with Crippen molar-refractivity contribution >= 4 is 21.5 Å². The molecule has 0 spiro atoms. The van der Waals surface area contributed by atoms with Gasteiger partial charge in [0.25, 0.3) is 10.0 Å². The van der Waals surface area contributed by atoms with E-state index in [1.807, 2.05) is 13.8 Å². The van der Waals surface area contributed by atoms with Crippen LogP contribution in [0.1, 0.15) is 20.3 Å². The van der Waals surface area contributed by atoms with E-state index in [2.05, 4.69) is 15.0 Å². The Kier molecular flexibility index (Phi) is 6.49. The lowest BCUT2D eigenvalue weighted by molar-refractivity contribution is 0.267. The van der Waals surface area contributed by atoms with E-state index >= 15 is 0 Å². The molecule has 1 heterocycles. The van der Waals surface area contributed by atoms with Crippen molar-refractivity contribution in [3.05, 3.63) is 48.2 Å². The molecule has 0 bridgehead atoms. The number of aliphatic hydroxyl groups excluding tert-OH is 1. The van der Waals surface area contributed by atoms with E-state index < -0.39 is 21.7 Å². The SMILES string of the molecule is CC(C)C(CCO)Nc1ccc(S(=O)(=O)Nc2ccc(F)c(F)c2)cn1. The highest BCUT2D eigenvalue weighted by Crippen LogP contribution is 2.20. The molecule has 3 N–H and O–H groups in total. The maximum Gasteiger partial charge on any atom is 0.263 e. The van der Waals surface area contributed by atoms with Crippen molar-refractivity contribution < 1.29 is 22.3 Å². The van der Waals surface area contributed by atoms with E-state index in [0.717, 1.165) is 18.2 Å². The number of nitrogens with one attached hydrogen (secondary N) is 2. The molecule has 26 heavy (non-hydrogen) atoms. The van der Waals surface area contributed by atoms with Gasteiger partial charge >= 0.3 is 0 Å². The molecular weight excluding hydrogens is 364 g/mol. The summed E-state index contributed by atoms with van der Waals surface area (Å²) in [6, 6.07) is 5.58. The van der Waals surface area contributed by atoms with Crippen LogP contribution in [-0.2, 0) is 10.0 Å². The summed E-state index contributed by atoms with van der Waals surface area (Å²) in [7, 11) is -3.98. The number of nitrogens with zero attached hydrogens (tertiary/aromatic N) is 1. The predicted octanol–water partition coefficient (Wildman–Crippen LogP) is 2.98. The number of rotatable bonds is 8. The number of hydrogen-bond acceptors (Lipinski definition) is 5. The first-order valence-corrected chi connectivity index (χ1v) is 9.52. The van der Waals surface area contributed by atoms with E-state index in [1.54, 1.807) is 0 Å². The summed E-state index contributed by atoms with van der Waals surface area (Å²) in [6.07, 6.45) is 1.71. The van der Waals surface area contributed by atoms with Gasteiger partial charge in [-0.2, -0.15) is 0 Å². The Bertz CT molecular complexity index is 843. The molecule has 0 amide bonds. The van der Waals surface area contributed by atoms with Crippen molar-refractivity contribution in [2.45, 2.75) is 31.2 Å². The predicted molar refractivity (Wildman–Crippen MR) is 95.4 cm³/mol. The molecule has 0 saturated heterocycles. The second-order valence-corrected chi connectivity index (χ2v) is 7.80. The fourth-order valence-corrected chi connectivity index (χ4v) is 3.29. The zero-order valence-electron chi connectivity index (χ0n) is 14.4. The highest BCUT2D eigenvalue weighted by molar-refractivity contribution is 7.92. The van der Waals surface area contributed by atoms with E-state index in [4.69, 9.17) is 5.11 Å². The second kappa shape index (κ2) is 8.41. The van der Waals surface area contributed by atoms with Gasteiger partial charge in [0.05, 0.1) is 5.69 Å². The fraction of sp³-hybridized carbons (Fsp3) is 0.353. The molecule has 1 aromatic heterocycles. The molecule has 0 aliphatic carbocycles. The summed E-state index contributed by atoms with van der Waals surface area (Å²) in [5, 5.41) is 12.2. The van der Waals surface area contributed by atoms with Gasteiger partial charge in [0, 0.05) is 24.9 Å². The molecular formula is C17H21F2N3O3S. The van der Waals surface area contributed by atoms with E-state index in [-0.39, 0.29) is 29.1 Å². The maximum atomic E-state index is 13.2. The first-order valence-electron chi connectivity index (χ1n) is 8.04. The van der Waals surface area contributed by atoms with Crippen LogP contribution in [0.3, 0.4) is 0 Å². The standard InChI is InChI=1S/C17H21F2N3O3S/c1-11(2)16(7-8-23)21-17-6-4-13(10-20-17)26(24,25)22-12-3-5-14(18)15(19)9-12/h3-6,9-11,16,22-23H,7-8H2,1-2H3,(H,20,21). The van der Waals surface area contributed by atoms with Gasteiger partial charge in [-0.05, 0) is 36.6 Å². The van der Waals surface area contributed by atoms with E-state index in [1.165, 1.54) is 18.3 Å². The quantitative estimate of drug-likeness (QED) is 0.650. The van der Waals surface area contributed by atoms with Crippen LogP contribution in [0, 0.1) is 17.6 Å². The summed E-state index contributed by atoms with van der Waals surface area (Å²) < 4.78 is 53.0. The zero-order chi connectivity index (χ0) is 19.3. The Morgan fingerprint density at radius 1 is 1.15 bits per heavy atom. The van der Waals surface area contributed by atoms with Crippen molar-refractivity contribution in [3.8, 4) is 0 Å². The Hall–Kier alpha value is -2.26. The molecule has 0 radical (unpaired) electrons. The van der Waals surface area contributed by atoms with Crippen LogP contribution in [0.5, 0.6) is 0 Å². The molecule has 0 saturated carbocycles. The van der Waals surface area contributed by atoms with Crippen molar-refractivity contribution in [1.29, 1.82) is 0 Å². The zero-order valence-corrected chi connectivity index (χ0v) is 15.2. The molecule has 2 rings (SSSR count). The van der Waals surface area contributed by atoms with Crippen molar-refractivity contribution in [1.82, 2.24) is 4.98 Å². The number of pyridine rings is 1. The number of anilines is 2. The van der Waals surface area contributed by atoms with Gasteiger partial charge in [-0.25, -0.2) is 22.2 Å². The number of halogens is 2. The highest BCUT2D eigenvalue weighted by Gasteiger charge is 2.17. The normalized spacial score (nSPS) is 12.8. The Morgan fingerprint density at radius 2 is 1.88 bits per heavy atom. The van der Waals surface area contributed by atoms with Crippen LogP contribution >= 0.6 is 0 Å². The summed E-state index contributed by atoms with van der Waals surface area (Å²) in [5.41, 5.74) is -0.0890. The van der Waals surface area contributed by atoms with Crippen LogP contribution < -0.4 is 10.0 Å². The molecule has 1 atom stereocenters. The summed E-state index contributed by atoms with van der Waals surface area (Å²) in [5.74, 6) is -1.48. The second-order valence-electron chi connectivity index (χ2n) is 6.12.